The molecule has 24 heavy (non-hydrogen) atoms. The van der Waals surface area contributed by atoms with Gasteiger partial charge in [0.1, 0.15) is 17.1 Å². The van der Waals surface area contributed by atoms with E-state index in [1.807, 2.05) is 30.3 Å². The van der Waals surface area contributed by atoms with Gasteiger partial charge in [-0.15, -0.1) is 11.8 Å². The fourth-order valence-electron chi connectivity index (χ4n) is 2.81. The molecule has 2 atom stereocenters. The summed E-state index contributed by atoms with van der Waals surface area (Å²) in [4.78, 5) is 36.9. The summed E-state index contributed by atoms with van der Waals surface area (Å²) in [6.45, 7) is -0.407. The van der Waals surface area contributed by atoms with Crippen LogP contribution in [0.4, 0.5) is 0 Å². The van der Waals surface area contributed by atoms with Crippen molar-refractivity contribution in [2.24, 2.45) is 0 Å². The summed E-state index contributed by atoms with van der Waals surface area (Å²) in [6, 6.07) is 8.42. The number of aliphatic carboxylic acids is 1. The van der Waals surface area contributed by atoms with Crippen LogP contribution < -0.4 is 5.32 Å². The van der Waals surface area contributed by atoms with Gasteiger partial charge in [0.05, 0.1) is 13.0 Å². The summed E-state index contributed by atoms with van der Waals surface area (Å²) in [7, 11) is 0. The van der Waals surface area contributed by atoms with Crippen LogP contribution in [0.1, 0.15) is 5.56 Å². The van der Waals surface area contributed by atoms with Gasteiger partial charge in [-0.2, -0.15) is 0 Å². The number of carbonyl (C=O) groups is 3. The molecule has 1 fully saturated rings. The quantitative estimate of drug-likeness (QED) is 0.645. The van der Waals surface area contributed by atoms with E-state index < -0.39 is 29.9 Å². The minimum absolute atomic E-state index is 0.158. The van der Waals surface area contributed by atoms with E-state index in [9.17, 15) is 24.6 Å². The molecular weight excluding hydrogens is 332 g/mol. The summed E-state index contributed by atoms with van der Waals surface area (Å²) >= 11 is 1.34. The maximum atomic E-state index is 12.3. The number of thioether (sulfide) groups is 1. The van der Waals surface area contributed by atoms with Crippen molar-refractivity contribution in [2.45, 2.75) is 17.8 Å². The lowest BCUT2D eigenvalue weighted by Crippen LogP contribution is -2.70. The van der Waals surface area contributed by atoms with Crippen molar-refractivity contribution < 1.29 is 24.6 Å². The van der Waals surface area contributed by atoms with Gasteiger partial charge in [0.25, 0.3) is 5.91 Å². The largest absolute Gasteiger partial charge is 0.477 e. The summed E-state index contributed by atoms with van der Waals surface area (Å²) in [5.41, 5.74) is 0.981. The average Bonchev–Trinajstić information content (AvgIpc) is 2.58. The summed E-state index contributed by atoms with van der Waals surface area (Å²) in [5.74, 6) is -1.67. The highest BCUT2D eigenvalue weighted by atomic mass is 32.2. The molecule has 7 nitrogen and oxygen atoms in total. The normalized spacial score (nSPS) is 22.7. The van der Waals surface area contributed by atoms with E-state index in [0.29, 0.717) is 11.3 Å². The van der Waals surface area contributed by atoms with Crippen LogP contribution in [0.2, 0.25) is 0 Å². The Morgan fingerprint density at radius 2 is 2.00 bits per heavy atom. The zero-order valence-electron chi connectivity index (χ0n) is 12.6. The molecule has 2 aliphatic rings. The molecule has 2 aliphatic heterocycles. The molecule has 0 saturated carbocycles. The number of carbonyl (C=O) groups excluding carboxylic acids is 2. The number of nitrogens with zero attached hydrogens (tertiary/aromatic N) is 1. The van der Waals surface area contributed by atoms with Crippen LogP contribution in [0, 0.1) is 0 Å². The highest BCUT2D eigenvalue weighted by Gasteiger charge is 2.54. The van der Waals surface area contributed by atoms with Crippen molar-refractivity contribution in [3.63, 3.8) is 0 Å². The molecule has 0 aliphatic carbocycles. The number of carboxylic acid groups (broad SMARTS) is 1. The molecule has 3 rings (SSSR count). The van der Waals surface area contributed by atoms with Crippen molar-refractivity contribution in [1.29, 1.82) is 0 Å². The number of aliphatic hydroxyl groups is 1. The number of aliphatic hydroxyl groups excluding tert-OH is 1. The van der Waals surface area contributed by atoms with Gasteiger partial charge in [-0.25, -0.2) is 4.79 Å². The SMILES string of the molecule is O=C(Cc1ccccc1)N[C@@H]1C(=O)N2C(C(=O)O)=C(CO)CS[C@H]12. The van der Waals surface area contributed by atoms with Gasteiger partial charge in [-0.3, -0.25) is 14.5 Å². The Balaban J connectivity index is 1.69. The first-order valence-electron chi connectivity index (χ1n) is 7.37. The molecule has 0 aromatic heterocycles. The smallest absolute Gasteiger partial charge is 0.352 e. The predicted octanol–water partition coefficient (Wildman–Crippen LogP) is -0.0400. The Labute approximate surface area is 142 Å². The van der Waals surface area contributed by atoms with Crippen LogP contribution >= 0.6 is 11.8 Å². The van der Waals surface area contributed by atoms with E-state index in [0.717, 1.165) is 10.5 Å². The number of amides is 2. The molecule has 0 bridgehead atoms. The third kappa shape index (κ3) is 2.90. The van der Waals surface area contributed by atoms with Crippen molar-refractivity contribution in [1.82, 2.24) is 10.2 Å². The molecule has 2 amide bonds. The van der Waals surface area contributed by atoms with Gasteiger partial charge in [-0.1, -0.05) is 30.3 Å². The molecule has 3 N–H and O–H groups in total. The molecule has 0 spiro atoms. The highest BCUT2D eigenvalue weighted by Crippen LogP contribution is 2.40. The summed E-state index contributed by atoms with van der Waals surface area (Å²) in [5, 5.41) is 20.8. The maximum absolute atomic E-state index is 12.3. The lowest BCUT2D eigenvalue weighted by molar-refractivity contribution is -0.150. The summed E-state index contributed by atoms with van der Waals surface area (Å²) < 4.78 is 0. The molecule has 0 unspecified atom stereocenters. The van der Waals surface area contributed by atoms with Crippen LogP contribution in [-0.2, 0) is 20.8 Å². The Hall–Kier alpha value is -2.32. The van der Waals surface area contributed by atoms with Crippen molar-refractivity contribution in [3.8, 4) is 0 Å². The lowest BCUT2D eigenvalue weighted by Gasteiger charge is -2.49. The topological polar surface area (TPSA) is 107 Å². The molecule has 1 saturated heterocycles. The van der Waals surface area contributed by atoms with E-state index in [1.165, 1.54) is 11.8 Å². The number of hydrogen-bond donors (Lipinski definition) is 3. The summed E-state index contributed by atoms with van der Waals surface area (Å²) in [6.07, 6.45) is 0.158. The minimum atomic E-state index is -1.24. The monoisotopic (exact) mass is 348 g/mol. The maximum Gasteiger partial charge on any atom is 0.352 e. The Morgan fingerprint density at radius 3 is 2.62 bits per heavy atom. The van der Waals surface area contributed by atoms with Crippen molar-refractivity contribution in [2.75, 3.05) is 12.4 Å². The third-order valence-electron chi connectivity index (χ3n) is 3.96. The zero-order chi connectivity index (χ0) is 17.3. The van der Waals surface area contributed by atoms with E-state index in [1.54, 1.807) is 0 Å². The van der Waals surface area contributed by atoms with E-state index >= 15 is 0 Å². The number of nitrogens with one attached hydrogen (secondary N) is 1. The van der Waals surface area contributed by atoms with Crippen LogP contribution in [0.15, 0.2) is 41.6 Å². The van der Waals surface area contributed by atoms with Gasteiger partial charge < -0.3 is 15.5 Å². The number of benzene rings is 1. The van der Waals surface area contributed by atoms with Gasteiger partial charge in [0.15, 0.2) is 0 Å². The number of fused-ring (bicyclic) bond motifs is 1. The highest BCUT2D eigenvalue weighted by molar-refractivity contribution is 8.00. The van der Waals surface area contributed by atoms with E-state index in [4.69, 9.17) is 0 Å². The lowest BCUT2D eigenvalue weighted by atomic mass is 10.0. The third-order valence-corrected chi connectivity index (χ3v) is 5.30. The minimum Gasteiger partial charge on any atom is -0.477 e. The molecule has 126 valence electrons. The number of carboxylic acids is 1. The van der Waals surface area contributed by atoms with Gasteiger partial charge in [0, 0.05) is 5.75 Å². The average molecular weight is 348 g/mol. The van der Waals surface area contributed by atoms with Crippen LogP contribution in [-0.4, -0.2) is 56.7 Å². The van der Waals surface area contributed by atoms with Crippen molar-refractivity contribution in [3.05, 3.63) is 47.2 Å². The number of rotatable bonds is 5. The molecule has 2 heterocycles. The molecule has 1 aromatic carbocycles. The molecular formula is C16H16N2O5S. The fraction of sp³-hybridized carbons (Fsp3) is 0.312. The number of hydrogen-bond acceptors (Lipinski definition) is 5. The Bertz CT molecular complexity index is 718. The Morgan fingerprint density at radius 1 is 1.29 bits per heavy atom. The van der Waals surface area contributed by atoms with Gasteiger partial charge in [-0.05, 0) is 11.1 Å². The first kappa shape index (κ1) is 16.5. The van der Waals surface area contributed by atoms with Crippen LogP contribution in [0.25, 0.3) is 0 Å². The second-order valence-electron chi connectivity index (χ2n) is 5.53. The van der Waals surface area contributed by atoms with Crippen LogP contribution in [0.3, 0.4) is 0 Å². The molecule has 8 heteroatoms. The Kier molecular flexibility index (Phi) is 4.59. The predicted molar refractivity (Wildman–Crippen MR) is 86.9 cm³/mol. The standard InChI is InChI=1S/C16H16N2O5S/c19-7-10-8-24-15-12(14(21)18(15)13(10)16(22)23)17-11(20)6-9-4-2-1-3-5-9/h1-5,12,15,19H,6-8H2,(H,17,20)(H,22,23)/t12-,15-/m1/s1. The second-order valence-corrected chi connectivity index (χ2v) is 6.64. The van der Waals surface area contributed by atoms with Gasteiger partial charge in [0.2, 0.25) is 5.91 Å². The zero-order valence-corrected chi connectivity index (χ0v) is 13.5. The number of β-lactam (4-membered cyclic amide) rings is 1. The van der Waals surface area contributed by atoms with Gasteiger partial charge >= 0.3 is 5.97 Å². The second kappa shape index (κ2) is 6.66. The first-order valence-corrected chi connectivity index (χ1v) is 8.42. The van der Waals surface area contributed by atoms with Crippen LogP contribution in [0.5, 0.6) is 0 Å². The molecule has 1 aromatic rings. The van der Waals surface area contributed by atoms with E-state index in [2.05, 4.69) is 5.32 Å². The molecule has 0 radical (unpaired) electrons. The fourth-order valence-corrected chi connectivity index (χ4v) is 4.15. The first-order chi connectivity index (χ1) is 11.5. The van der Waals surface area contributed by atoms with Crippen molar-refractivity contribution >= 4 is 29.5 Å². The van der Waals surface area contributed by atoms with E-state index in [-0.39, 0.29) is 18.0 Å².